The molecule has 4 nitrogen and oxygen atoms in total. The molecule has 0 spiro atoms. The fourth-order valence-corrected chi connectivity index (χ4v) is 7.17. The molecule has 0 saturated heterocycles. The van der Waals surface area contributed by atoms with E-state index >= 15 is 0 Å². The second-order valence-electron chi connectivity index (χ2n) is 12.5. The van der Waals surface area contributed by atoms with Gasteiger partial charge in [0.05, 0.1) is 11.4 Å². The van der Waals surface area contributed by atoms with Crippen LogP contribution in [0.15, 0.2) is 179 Å². The highest BCUT2D eigenvalue weighted by Gasteiger charge is 2.22. The SMILES string of the molecule is c1ccc(-c2ccc(-c3nc(-c4ccccc4)cc(-c4ccc(-c5cccc6oc7ccccc7c56)c5oc6ccccc6c45)n3)cc2)cc1. The molecular formula is C46H28N2O2. The van der Waals surface area contributed by atoms with E-state index < -0.39 is 0 Å². The van der Waals surface area contributed by atoms with Gasteiger partial charge in [-0.25, -0.2) is 9.97 Å². The summed E-state index contributed by atoms with van der Waals surface area (Å²) in [6.45, 7) is 0. The maximum absolute atomic E-state index is 6.75. The number of benzene rings is 7. The van der Waals surface area contributed by atoms with E-state index in [9.17, 15) is 0 Å². The van der Waals surface area contributed by atoms with Gasteiger partial charge in [-0.05, 0) is 47.0 Å². The third-order valence-electron chi connectivity index (χ3n) is 9.54. The number of hydrogen-bond acceptors (Lipinski definition) is 4. The van der Waals surface area contributed by atoms with Crippen LogP contribution in [0.5, 0.6) is 0 Å². The lowest BCUT2D eigenvalue weighted by molar-refractivity contribution is 0.668. The predicted molar refractivity (Wildman–Crippen MR) is 204 cm³/mol. The zero-order chi connectivity index (χ0) is 33.0. The summed E-state index contributed by atoms with van der Waals surface area (Å²) in [5, 5.41) is 4.22. The molecule has 0 N–H and O–H groups in total. The van der Waals surface area contributed by atoms with E-state index in [1.54, 1.807) is 0 Å². The molecule has 0 fully saturated rings. The summed E-state index contributed by atoms with van der Waals surface area (Å²) in [4.78, 5) is 10.4. The first-order valence-corrected chi connectivity index (χ1v) is 16.7. The molecule has 10 rings (SSSR count). The van der Waals surface area contributed by atoms with Crippen molar-refractivity contribution in [3.63, 3.8) is 0 Å². The number of nitrogens with zero attached hydrogens (tertiary/aromatic N) is 2. The lowest BCUT2D eigenvalue weighted by Crippen LogP contribution is -1.96. The van der Waals surface area contributed by atoms with Crippen molar-refractivity contribution in [2.45, 2.75) is 0 Å². The molecule has 3 heterocycles. The average molecular weight is 641 g/mol. The predicted octanol–water partition coefficient (Wildman–Crippen LogP) is 12.6. The molecule has 7 aromatic carbocycles. The second-order valence-corrected chi connectivity index (χ2v) is 12.5. The van der Waals surface area contributed by atoms with Gasteiger partial charge in [0.25, 0.3) is 0 Å². The van der Waals surface area contributed by atoms with Crippen molar-refractivity contribution in [1.29, 1.82) is 0 Å². The number of fused-ring (bicyclic) bond motifs is 6. The van der Waals surface area contributed by atoms with Gasteiger partial charge in [-0.15, -0.1) is 0 Å². The van der Waals surface area contributed by atoms with Crippen LogP contribution in [0.3, 0.4) is 0 Å². The van der Waals surface area contributed by atoms with Crippen LogP contribution in [-0.2, 0) is 0 Å². The van der Waals surface area contributed by atoms with Gasteiger partial charge in [0.15, 0.2) is 5.82 Å². The van der Waals surface area contributed by atoms with Crippen LogP contribution in [0.2, 0.25) is 0 Å². The van der Waals surface area contributed by atoms with E-state index in [0.717, 1.165) is 88.6 Å². The molecule has 50 heavy (non-hydrogen) atoms. The minimum Gasteiger partial charge on any atom is -0.456 e. The summed E-state index contributed by atoms with van der Waals surface area (Å²) in [5.74, 6) is 0.667. The Bertz CT molecular complexity index is 2850. The topological polar surface area (TPSA) is 52.1 Å². The Hall–Kier alpha value is -6.78. The fraction of sp³-hybridized carbons (Fsp3) is 0. The van der Waals surface area contributed by atoms with E-state index in [-0.39, 0.29) is 0 Å². The van der Waals surface area contributed by atoms with Crippen molar-refractivity contribution >= 4 is 43.9 Å². The molecule has 0 saturated carbocycles. The average Bonchev–Trinajstić information content (AvgIpc) is 3.77. The highest BCUT2D eigenvalue weighted by molar-refractivity contribution is 6.20. The summed E-state index contributed by atoms with van der Waals surface area (Å²) in [6.07, 6.45) is 0. The van der Waals surface area contributed by atoms with Gasteiger partial charge < -0.3 is 8.83 Å². The van der Waals surface area contributed by atoms with Crippen LogP contribution in [0, 0.1) is 0 Å². The lowest BCUT2D eigenvalue weighted by atomic mass is 9.94. The number of aromatic nitrogens is 2. The van der Waals surface area contributed by atoms with Crippen LogP contribution in [0.25, 0.3) is 100 Å². The van der Waals surface area contributed by atoms with Gasteiger partial charge >= 0.3 is 0 Å². The van der Waals surface area contributed by atoms with Crippen molar-refractivity contribution in [3.8, 4) is 56.2 Å². The monoisotopic (exact) mass is 640 g/mol. The Kier molecular flexibility index (Phi) is 6.46. The van der Waals surface area contributed by atoms with Crippen molar-refractivity contribution in [1.82, 2.24) is 9.97 Å². The van der Waals surface area contributed by atoms with Gasteiger partial charge in [0, 0.05) is 43.8 Å². The van der Waals surface area contributed by atoms with Crippen LogP contribution in [0.1, 0.15) is 0 Å². The number of para-hydroxylation sites is 2. The first-order valence-electron chi connectivity index (χ1n) is 16.7. The van der Waals surface area contributed by atoms with Crippen molar-refractivity contribution in [2.75, 3.05) is 0 Å². The minimum atomic E-state index is 0.667. The van der Waals surface area contributed by atoms with Gasteiger partial charge in [-0.3, -0.25) is 0 Å². The maximum atomic E-state index is 6.75. The maximum Gasteiger partial charge on any atom is 0.160 e. The Morgan fingerprint density at radius 1 is 0.340 bits per heavy atom. The molecule has 0 amide bonds. The molecule has 0 atom stereocenters. The molecule has 10 aromatic rings. The van der Waals surface area contributed by atoms with Crippen LogP contribution >= 0.6 is 0 Å². The van der Waals surface area contributed by atoms with Crippen molar-refractivity contribution in [2.24, 2.45) is 0 Å². The van der Waals surface area contributed by atoms with E-state index in [0.29, 0.717) is 5.82 Å². The Morgan fingerprint density at radius 2 is 0.900 bits per heavy atom. The van der Waals surface area contributed by atoms with Crippen molar-refractivity contribution < 1.29 is 8.83 Å². The molecule has 0 aliphatic rings. The molecule has 3 aromatic heterocycles. The summed E-state index contributed by atoms with van der Waals surface area (Å²) in [5.41, 5.74) is 12.4. The normalized spacial score (nSPS) is 11.6. The Balaban J connectivity index is 1.21. The third kappa shape index (κ3) is 4.61. The molecule has 4 heteroatoms. The second kappa shape index (κ2) is 11.4. The molecule has 0 unspecified atom stereocenters. The van der Waals surface area contributed by atoms with Gasteiger partial charge in [0.1, 0.15) is 22.3 Å². The minimum absolute atomic E-state index is 0.667. The lowest BCUT2D eigenvalue weighted by Gasteiger charge is -2.12. The first-order chi connectivity index (χ1) is 24.8. The molecular weight excluding hydrogens is 613 g/mol. The molecule has 0 bridgehead atoms. The van der Waals surface area contributed by atoms with Crippen LogP contribution in [0.4, 0.5) is 0 Å². The number of furan rings is 2. The summed E-state index contributed by atoms with van der Waals surface area (Å²) in [6, 6.07) is 58.3. The Labute approximate surface area is 287 Å². The largest absolute Gasteiger partial charge is 0.456 e. The van der Waals surface area contributed by atoms with Gasteiger partial charge in [-0.1, -0.05) is 140 Å². The molecule has 0 aliphatic heterocycles. The van der Waals surface area contributed by atoms with E-state index in [1.165, 1.54) is 5.56 Å². The van der Waals surface area contributed by atoms with Crippen LogP contribution < -0.4 is 0 Å². The quantitative estimate of drug-likeness (QED) is 0.188. The number of hydrogen-bond donors (Lipinski definition) is 0. The summed E-state index contributed by atoms with van der Waals surface area (Å²) < 4.78 is 13.0. The molecule has 234 valence electrons. The van der Waals surface area contributed by atoms with Crippen molar-refractivity contribution in [3.05, 3.63) is 170 Å². The highest BCUT2D eigenvalue weighted by atomic mass is 16.3. The zero-order valence-electron chi connectivity index (χ0n) is 26.9. The molecule has 0 radical (unpaired) electrons. The number of rotatable bonds is 5. The smallest absolute Gasteiger partial charge is 0.160 e. The van der Waals surface area contributed by atoms with Crippen LogP contribution in [-0.4, -0.2) is 9.97 Å². The fourth-order valence-electron chi connectivity index (χ4n) is 7.17. The standard InChI is InChI=1S/C46H28N2O2/c1-3-12-29(13-4-1)30-22-24-32(25-23-30)46-47-38(31-14-5-2-6-15-31)28-39(48-46)35-27-26-34(45-44(35)37-17-8-10-20-41(37)50-45)33-18-11-21-42-43(33)36-16-7-9-19-40(36)49-42/h1-28H. The summed E-state index contributed by atoms with van der Waals surface area (Å²) in [7, 11) is 0. The third-order valence-corrected chi connectivity index (χ3v) is 9.54. The summed E-state index contributed by atoms with van der Waals surface area (Å²) >= 11 is 0. The Morgan fingerprint density at radius 3 is 1.66 bits per heavy atom. The van der Waals surface area contributed by atoms with Gasteiger partial charge in [0.2, 0.25) is 0 Å². The van der Waals surface area contributed by atoms with Gasteiger partial charge in [-0.2, -0.15) is 0 Å². The highest BCUT2D eigenvalue weighted by Crippen LogP contribution is 2.45. The zero-order valence-corrected chi connectivity index (χ0v) is 26.9. The first kappa shape index (κ1) is 28.3. The molecule has 0 aliphatic carbocycles. The van der Waals surface area contributed by atoms with E-state index in [4.69, 9.17) is 18.8 Å². The van der Waals surface area contributed by atoms with E-state index in [1.807, 2.05) is 60.7 Å². The van der Waals surface area contributed by atoms with E-state index in [2.05, 4.69) is 109 Å².